The number of hydrogen-bond donors (Lipinski definition) is 1. The number of halogens is 2. The molecule has 5 nitrogen and oxygen atoms in total. The second-order valence-electron chi connectivity index (χ2n) is 10.3. The number of rotatable bonds is 4. The average Bonchev–Trinajstić information content (AvgIpc) is 3.51. The van der Waals surface area contributed by atoms with Gasteiger partial charge in [0.05, 0.1) is 16.0 Å². The van der Waals surface area contributed by atoms with Crippen molar-refractivity contribution in [2.45, 2.75) is 39.0 Å². The minimum atomic E-state index is -0.584. The molecule has 3 fully saturated rings. The third-order valence-corrected chi connectivity index (χ3v) is 9.83. The SMILES string of the molecule is C[C@H]1C2CCC(CC2)[C@@H]1Cc1cc(-c2cc3ccccc3s2)nc(-c2[nH]nc3nc(Cl)c(F)cc23)n1. The summed E-state index contributed by atoms with van der Waals surface area (Å²) in [5, 5.41) is 8.79. The Morgan fingerprint density at radius 3 is 2.64 bits per heavy atom. The lowest BCUT2D eigenvalue weighted by Gasteiger charge is -2.47. The third kappa shape index (κ3) is 3.71. The molecular weight excluding hydrogens is 493 g/mol. The summed E-state index contributed by atoms with van der Waals surface area (Å²) in [6, 6.07) is 14.1. The van der Waals surface area contributed by atoms with Gasteiger partial charge >= 0.3 is 0 Å². The predicted molar refractivity (Wildman–Crippen MR) is 143 cm³/mol. The first-order chi connectivity index (χ1) is 17.5. The molecule has 8 heteroatoms. The fourth-order valence-electron chi connectivity index (χ4n) is 6.49. The molecule has 0 spiro atoms. The first kappa shape index (κ1) is 22.3. The zero-order valence-electron chi connectivity index (χ0n) is 19.8. The summed E-state index contributed by atoms with van der Waals surface area (Å²) in [6.07, 6.45) is 6.33. The summed E-state index contributed by atoms with van der Waals surface area (Å²) in [7, 11) is 0. The molecule has 0 unspecified atom stereocenters. The Morgan fingerprint density at radius 1 is 1.03 bits per heavy atom. The number of aromatic amines is 1. The molecule has 0 radical (unpaired) electrons. The van der Waals surface area contributed by atoms with E-state index in [9.17, 15) is 4.39 Å². The summed E-state index contributed by atoms with van der Waals surface area (Å²) in [5.74, 6) is 2.87. The van der Waals surface area contributed by atoms with Gasteiger partial charge in [-0.05, 0) is 85.4 Å². The molecule has 1 aromatic carbocycles. The Hall–Kier alpha value is -2.90. The molecule has 5 aromatic rings. The highest BCUT2D eigenvalue weighted by Gasteiger charge is 2.41. The van der Waals surface area contributed by atoms with E-state index in [-0.39, 0.29) is 5.15 Å². The van der Waals surface area contributed by atoms with E-state index in [1.54, 1.807) is 11.3 Å². The van der Waals surface area contributed by atoms with Crippen LogP contribution in [0.2, 0.25) is 5.15 Å². The molecule has 1 N–H and O–H groups in total. The summed E-state index contributed by atoms with van der Waals surface area (Å²) in [5.41, 5.74) is 2.83. The number of benzene rings is 1. The van der Waals surface area contributed by atoms with E-state index >= 15 is 0 Å². The maximum absolute atomic E-state index is 14.3. The van der Waals surface area contributed by atoms with Crippen molar-refractivity contribution >= 4 is 44.1 Å². The lowest BCUT2D eigenvalue weighted by Crippen LogP contribution is -2.39. The van der Waals surface area contributed by atoms with Gasteiger partial charge in [0.1, 0.15) is 5.69 Å². The van der Waals surface area contributed by atoms with Gasteiger partial charge in [-0.3, -0.25) is 5.10 Å². The zero-order valence-corrected chi connectivity index (χ0v) is 21.4. The largest absolute Gasteiger partial charge is 0.272 e. The molecule has 4 aromatic heterocycles. The number of aromatic nitrogens is 5. The second-order valence-corrected chi connectivity index (χ2v) is 11.8. The van der Waals surface area contributed by atoms with E-state index in [4.69, 9.17) is 21.6 Å². The Labute approximate surface area is 217 Å². The van der Waals surface area contributed by atoms with E-state index < -0.39 is 5.82 Å². The van der Waals surface area contributed by atoms with Crippen molar-refractivity contribution in [1.29, 1.82) is 0 Å². The number of thiophene rings is 1. The predicted octanol–water partition coefficient (Wildman–Crippen LogP) is 7.70. The maximum Gasteiger partial charge on any atom is 0.183 e. The highest BCUT2D eigenvalue weighted by molar-refractivity contribution is 7.22. The van der Waals surface area contributed by atoms with Gasteiger partial charge in [-0.2, -0.15) is 5.10 Å². The van der Waals surface area contributed by atoms with Crippen LogP contribution in [-0.2, 0) is 6.42 Å². The molecular formula is C28H25ClFN5S. The van der Waals surface area contributed by atoms with Crippen LogP contribution < -0.4 is 0 Å². The van der Waals surface area contributed by atoms with Crippen LogP contribution in [0.25, 0.3) is 43.2 Å². The highest BCUT2D eigenvalue weighted by atomic mass is 35.5. The van der Waals surface area contributed by atoms with Crippen LogP contribution in [0.15, 0.2) is 42.5 Å². The Bertz CT molecular complexity index is 1570. The molecule has 0 amide bonds. The van der Waals surface area contributed by atoms with Crippen molar-refractivity contribution in [2.75, 3.05) is 0 Å². The first-order valence-corrected chi connectivity index (χ1v) is 13.8. The van der Waals surface area contributed by atoms with E-state index in [0.29, 0.717) is 34.4 Å². The molecule has 4 heterocycles. The fraction of sp³-hybridized carbons (Fsp3) is 0.357. The number of pyridine rings is 1. The number of H-pyrrole nitrogens is 1. The summed E-state index contributed by atoms with van der Waals surface area (Å²) >= 11 is 7.62. The van der Waals surface area contributed by atoms with Gasteiger partial charge in [0, 0.05) is 10.4 Å². The van der Waals surface area contributed by atoms with E-state index in [1.807, 2.05) is 0 Å². The maximum atomic E-state index is 14.3. The van der Waals surface area contributed by atoms with Crippen LogP contribution >= 0.6 is 22.9 Å². The van der Waals surface area contributed by atoms with Gasteiger partial charge in [-0.25, -0.2) is 19.3 Å². The van der Waals surface area contributed by atoms with Crippen molar-refractivity contribution in [1.82, 2.24) is 25.1 Å². The monoisotopic (exact) mass is 517 g/mol. The smallest absolute Gasteiger partial charge is 0.183 e. The number of fused-ring (bicyclic) bond motifs is 5. The van der Waals surface area contributed by atoms with Crippen molar-refractivity contribution < 1.29 is 4.39 Å². The van der Waals surface area contributed by atoms with Crippen LogP contribution in [0.4, 0.5) is 4.39 Å². The quantitative estimate of drug-likeness (QED) is 0.248. The van der Waals surface area contributed by atoms with Crippen LogP contribution in [0.3, 0.4) is 0 Å². The molecule has 36 heavy (non-hydrogen) atoms. The third-order valence-electron chi connectivity index (χ3n) is 8.42. The normalized spacial score (nSPS) is 23.6. The van der Waals surface area contributed by atoms with Crippen molar-refractivity contribution in [3.63, 3.8) is 0 Å². The van der Waals surface area contributed by atoms with Gasteiger partial charge in [0.25, 0.3) is 0 Å². The molecule has 0 saturated heterocycles. The van der Waals surface area contributed by atoms with E-state index in [1.165, 1.54) is 41.8 Å². The summed E-state index contributed by atoms with van der Waals surface area (Å²) < 4.78 is 15.5. The molecule has 8 rings (SSSR count). The highest BCUT2D eigenvalue weighted by Crippen LogP contribution is 2.49. The first-order valence-electron chi connectivity index (χ1n) is 12.6. The van der Waals surface area contributed by atoms with Crippen LogP contribution in [0.5, 0.6) is 0 Å². The minimum Gasteiger partial charge on any atom is -0.272 e. The number of hydrogen-bond acceptors (Lipinski definition) is 5. The lowest BCUT2D eigenvalue weighted by molar-refractivity contribution is 0.0339. The zero-order chi connectivity index (χ0) is 24.4. The van der Waals surface area contributed by atoms with Gasteiger partial charge < -0.3 is 0 Å². The Kier molecular flexibility index (Phi) is 5.33. The summed E-state index contributed by atoms with van der Waals surface area (Å²) in [6.45, 7) is 2.43. The van der Waals surface area contributed by atoms with Crippen LogP contribution in [0, 0.1) is 29.5 Å². The average molecular weight is 518 g/mol. The van der Waals surface area contributed by atoms with Crippen LogP contribution in [-0.4, -0.2) is 25.1 Å². The standard InChI is InChI=1S/C28H25ClFN5S/c1-14-15-6-8-16(9-7-15)19(14)11-18-12-22(24-10-17-4-2-3-5-23(17)36-24)32-28(31-18)25-20-13-21(30)26(29)33-27(20)35-34-25/h2-5,10,12-16,19H,6-9,11H2,1H3,(H,33,34,35)/t14-,15?,16?,19+/m0/s1. The van der Waals surface area contributed by atoms with Gasteiger partial charge in [0.15, 0.2) is 22.4 Å². The molecule has 182 valence electrons. The number of nitrogens with one attached hydrogen (secondary N) is 1. The van der Waals surface area contributed by atoms with Crippen molar-refractivity contribution in [2.24, 2.45) is 23.7 Å². The molecule has 3 aliphatic rings. The molecule has 3 saturated carbocycles. The molecule has 3 aliphatic carbocycles. The topological polar surface area (TPSA) is 67.3 Å². The lowest BCUT2D eigenvalue weighted by atomic mass is 9.58. The molecule has 2 bridgehead atoms. The second kappa shape index (κ2) is 8.60. The van der Waals surface area contributed by atoms with E-state index in [2.05, 4.69) is 58.5 Å². The van der Waals surface area contributed by atoms with Crippen molar-refractivity contribution in [3.05, 3.63) is 59.1 Å². The Balaban J connectivity index is 1.36. The fourth-order valence-corrected chi connectivity index (χ4v) is 7.64. The molecule has 0 aliphatic heterocycles. The van der Waals surface area contributed by atoms with Crippen molar-refractivity contribution in [3.8, 4) is 22.1 Å². The van der Waals surface area contributed by atoms with E-state index in [0.717, 1.165) is 34.5 Å². The summed E-state index contributed by atoms with van der Waals surface area (Å²) in [4.78, 5) is 15.1. The molecule has 2 atom stereocenters. The van der Waals surface area contributed by atoms with Gasteiger partial charge in [0.2, 0.25) is 0 Å². The number of nitrogens with zero attached hydrogens (tertiary/aromatic N) is 4. The van der Waals surface area contributed by atoms with Gasteiger partial charge in [-0.15, -0.1) is 11.3 Å². The Morgan fingerprint density at radius 2 is 1.83 bits per heavy atom. The van der Waals surface area contributed by atoms with Crippen LogP contribution in [0.1, 0.15) is 38.3 Å². The van der Waals surface area contributed by atoms with Gasteiger partial charge in [-0.1, -0.05) is 36.7 Å². The minimum absolute atomic E-state index is 0.192.